The fourth-order valence-corrected chi connectivity index (χ4v) is 2.57. The van der Waals surface area contributed by atoms with Gasteiger partial charge >= 0.3 is 5.97 Å². The lowest BCUT2D eigenvalue weighted by atomic mass is 10.1. The standard InChI is InChI=1S/C14H14FN3O4/c1-22-13-8(15)10(17)9(16)7-11(13)18(5-2-3-5)4-6(12(7)19)14(20)21/h4-5H,2-3,16-17H2,1H3,(H,20,21). The number of methoxy groups -OCH3 is 1. The summed E-state index contributed by atoms with van der Waals surface area (Å²) in [7, 11) is 1.25. The topological polar surface area (TPSA) is 121 Å². The summed E-state index contributed by atoms with van der Waals surface area (Å²) in [6.07, 6.45) is 2.81. The molecule has 3 rings (SSSR count). The number of anilines is 2. The van der Waals surface area contributed by atoms with E-state index in [9.17, 15) is 19.1 Å². The van der Waals surface area contributed by atoms with Crippen LogP contribution in [0.5, 0.6) is 5.75 Å². The van der Waals surface area contributed by atoms with Gasteiger partial charge in [0.2, 0.25) is 5.43 Å². The second kappa shape index (κ2) is 4.62. The van der Waals surface area contributed by atoms with E-state index in [4.69, 9.17) is 16.2 Å². The molecule has 0 spiro atoms. The quantitative estimate of drug-likeness (QED) is 0.736. The van der Waals surface area contributed by atoms with Crippen molar-refractivity contribution in [3.63, 3.8) is 0 Å². The van der Waals surface area contributed by atoms with Crippen LogP contribution in [-0.4, -0.2) is 22.8 Å². The van der Waals surface area contributed by atoms with Crippen LogP contribution in [0.1, 0.15) is 29.2 Å². The molecule has 1 aliphatic carbocycles. The summed E-state index contributed by atoms with van der Waals surface area (Å²) in [6.45, 7) is 0. The van der Waals surface area contributed by atoms with Crippen molar-refractivity contribution < 1.29 is 19.0 Å². The highest BCUT2D eigenvalue weighted by Gasteiger charge is 2.31. The number of halogens is 1. The number of nitrogens with zero attached hydrogens (tertiary/aromatic N) is 1. The molecular weight excluding hydrogens is 293 g/mol. The minimum absolute atomic E-state index is 0.0162. The van der Waals surface area contributed by atoms with Gasteiger partial charge in [0.1, 0.15) is 11.1 Å². The summed E-state index contributed by atoms with van der Waals surface area (Å²) in [5, 5.41) is 9.08. The molecule has 22 heavy (non-hydrogen) atoms. The SMILES string of the molecule is COc1c(F)c(N)c(N)c2c(=O)c(C(=O)O)cn(C3CC3)c12. The van der Waals surface area contributed by atoms with E-state index in [1.54, 1.807) is 0 Å². The molecule has 1 fully saturated rings. The van der Waals surface area contributed by atoms with Gasteiger partial charge in [0.05, 0.1) is 23.9 Å². The van der Waals surface area contributed by atoms with E-state index in [1.165, 1.54) is 17.9 Å². The summed E-state index contributed by atoms with van der Waals surface area (Å²) in [6, 6.07) is -0.0162. The van der Waals surface area contributed by atoms with Crippen LogP contribution in [0.25, 0.3) is 10.9 Å². The molecule has 8 heteroatoms. The van der Waals surface area contributed by atoms with Crippen molar-refractivity contribution in [1.82, 2.24) is 4.57 Å². The zero-order valence-corrected chi connectivity index (χ0v) is 11.7. The van der Waals surface area contributed by atoms with Crippen molar-refractivity contribution in [3.8, 4) is 5.75 Å². The minimum atomic E-state index is -1.37. The first-order valence-corrected chi connectivity index (χ1v) is 6.61. The van der Waals surface area contributed by atoms with Crippen molar-refractivity contribution in [2.75, 3.05) is 18.6 Å². The van der Waals surface area contributed by atoms with Gasteiger partial charge in [0, 0.05) is 12.2 Å². The zero-order valence-electron chi connectivity index (χ0n) is 11.7. The van der Waals surface area contributed by atoms with E-state index in [0.717, 1.165) is 12.8 Å². The monoisotopic (exact) mass is 307 g/mol. The highest BCUT2D eigenvalue weighted by molar-refractivity contribution is 6.03. The highest BCUT2D eigenvalue weighted by Crippen LogP contribution is 2.43. The van der Waals surface area contributed by atoms with Gasteiger partial charge in [-0.25, -0.2) is 9.18 Å². The zero-order chi connectivity index (χ0) is 16.2. The first-order valence-electron chi connectivity index (χ1n) is 6.61. The number of aromatic nitrogens is 1. The Kier molecular flexibility index (Phi) is 2.98. The molecule has 1 aromatic carbocycles. The molecule has 116 valence electrons. The van der Waals surface area contributed by atoms with Crippen LogP contribution in [0, 0.1) is 5.82 Å². The van der Waals surface area contributed by atoms with Crippen molar-refractivity contribution in [2.24, 2.45) is 0 Å². The average molecular weight is 307 g/mol. The number of carboxylic acid groups (broad SMARTS) is 1. The Morgan fingerprint density at radius 2 is 2.05 bits per heavy atom. The molecular formula is C14H14FN3O4. The maximum absolute atomic E-state index is 14.3. The number of nitrogen functional groups attached to an aromatic ring is 2. The van der Waals surface area contributed by atoms with E-state index < -0.39 is 28.5 Å². The Balaban J connectivity index is 2.60. The van der Waals surface area contributed by atoms with E-state index in [1.807, 2.05) is 0 Å². The van der Waals surface area contributed by atoms with Crippen LogP contribution < -0.4 is 21.6 Å². The minimum Gasteiger partial charge on any atom is -0.491 e. The molecule has 1 heterocycles. The molecule has 0 radical (unpaired) electrons. The Bertz CT molecular complexity index is 871. The third-order valence-electron chi connectivity index (χ3n) is 3.82. The Labute approximate surface area is 123 Å². The van der Waals surface area contributed by atoms with Crippen LogP contribution in [0.15, 0.2) is 11.0 Å². The summed E-state index contributed by atoms with van der Waals surface area (Å²) in [5.74, 6) is -2.44. The number of fused-ring (bicyclic) bond motifs is 1. The number of nitrogens with two attached hydrogens (primary N) is 2. The average Bonchev–Trinajstić information content (AvgIpc) is 3.29. The number of hydrogen-bond acceptors (Lipinski definition) is 5. The van der Waals surface area contributed by atoms with Crippen molar-refractivity contribution >= 4 is 28.2 Å². The second-order valence-electron chi connectivity index (χ2n) is 5.21. The smallest absolute Gasteiger partial charge is 0.341 e. The molecule has 1 aromatic heterocycles. The predicted octanol–water partition coefficient (Wildman–Crippen LogP) is 1.35. The lowest BCUT2D eigenvalue weighted by Gasteiger charge is -2.17. The van der Waals surface area contributed by atoms with Gasteiger partial charge < -0.3 is 25.9 Å². The van der Waals surface area contributed by atoms with Crippen LogP contribution in [0.2, 0.25) is 0 Å². The fraction of sp³-hybridized carbons (Fsp3) is 0.286. The number of ether oxygens (including phenoxy) is 1. The second-order valence-corrected chi connectivity index (χ2v) is 5.21. The molecule has 7 nitrogen and oxygen atoms in total. The van der Waals surface area contributed by atoms with Crippen LogP contribution in [-0.2, 0) is 0 Å². The molecule has 0 unspecified atom stereocenters. The molecule has 0 atom stereocenters. The number of carboxylic acids is 1. The normalized spacial score (nSPS) is 14.3. The number of benzene rings is 1. The molecule has 0 amide bonds. The lowest BCUT2D eigenvalue weighted by molar-refractivity contribution is 0.0695. The molecule has 0 saturated heterocycles. The number of pyridine rings is 1. The maximum atomic E-state index is 14.3. The highest BCUT2D eigenvalue weighted by atomic mass is 19.1. The summed E-state index contributed by atoms with van der Waals surface area (Å²) in [5.41, 5.74) is 9.58. The van der Waals surface area contributed by atoms with Gasteiger partial charge in [0.25, 0.3) is 0 Å². The number of carbonyl (C=O) groups is 1. The number of rotatable bonds is 3. The van der Waals surface area contributed by atoms with Crippen LogP contribution >= 0.6 is 0 Å². The molecule has 0 bridgehead atoms. The summed E-state index contributed by atoms with van der Waals surface area (Å²) < 4.78 is 20.9. The van der Waals surface area contributed by atoms with E-state index in [-0.39, 0.29) is 28.4 Å². The van der Waals surface area contributed by atoms with E-state index in [0.29, 0.717) is 0 Å². The van der Waals surface area contributed by atoms with Crippen molar-refractivity contribution in [1.29, 1.82) is 0 Å². The third kappa shape index (κ3) is 1.80. The largest absolute Gasteiger partial charge is 0.491 e. The number of hydrogen-bond donors (Lipinski definition) is 3. The van der Waals surface area contributed by atoms with Crippen molar-refractivity contribution in [2.45, 2.75) is 18.9 Å². The molecule has 1 saturated carbocycles. The third-order valence-corrected chi connectivity index (χ3v) is 3.82. The summed E-state index contributed by atoms with van der Waals surface area (Å²) in [4.78, 5) is 23.7. The first kappa shape index (κ1) is 14.2. The fourth-order valence-electron chi connectivity index (χ4n) is 2.57. The molecule has 1 aliphatic rings. The lowest BCUT2D eigenvalue weighted by Crippen LogP contribution is -2.21. The first-order chi connectivity index (χ1) is 10.4. The number of aromatic carboxylic acids is 1. The van der Waals surface area contributed by atoms with Crippen LogP contribution in [0.4, 0.5) is 15.8 Å². The van der Waals surface area contributed by atoms with Gasteiger partial charge in [-0.2, -0.15) is 0 Å². The van der Waals surface area contributed by atoms with E-state index in [2.05, 4.69) is 0 Å². The Morgan fingerprint density at radius 1 is 1.41 bits per heavy atom. The van der Waals surface area contributed by atoms with E-state index >= 15 is 0 Å². The van der Waals surface area contributed by atoms with Gasteiger partial charge in [-0.05, 0) is 12.8 Å². The Morgan fingerprint density at radius 3 is 2.55 bits per heavy atom. The van der Waals surface area contributed by atoms with Gasteiger partial charge in [-0.3, -0.25) is 4.79 Å². The van der Waals surface area contributed by atoms with Gasteiger partial charge in [-0.15, -0.1) is 0 Å². The van der Waals surface area contributed by atoms with Crippen molar-refractivity contribution in [3.05, 3.63) is 27.8 Å². The summed E-state index contributed by atoms with van der Waals surface area (Å²) >= 11 is 0. The van der Waals surface area contributed by atoms with Gasteiger partial charge in [0.15, 0.2) is 11.6 Å². The Hall–Kier alpha value is -2.77. The maximum Gasteiger partial charge on any atom is 0.341 e. The van der Waals surface area contributed by atoms with Gasteiger partial charge in [-0.1, -0.05) is 0 Å². The van der Waals surface area contributed by atoms with Crippen LogP contribution in [0.3, 0.4) is 0 Å². The molecule has 5 N–H and O–H groups in total. The molecule has 0 aliphatic heterocycles. The predicted molar refractivity (Wildman–Crippen MR) is 78.8 cm³/mol. The molecule has 2 aromatic rings.